The molecular formula is C17H23N7O. The Labute approximate surface area is 146 Å². The second-order valence-corrected chi connectivity index (χ2v) is 7.49. The van der Waals surface area contributed by atoms with E-state index in [0.29, 0.717) is 0 Å². The largest absolute Gasteiger partial charge is 0.364 e. The Morgan fingerprint density at radius 1 is 1.04 bits per heavy atom. The number of hydrogen-bond donors (Lipinski definition) is 0. The lowest BCUT2D eigenvalue weighted by Gasteiger charge is -2.34. The molecule has 0 N–H and O–H groups in total. The third kappa shape index (κ3) is 3.21. The third-order valence-corrected chi connectivity index (χ3v) is 4.49. The summed E-state index contributed by atoms with van der Waals surface area (Å²) < 4.78 is 6.78. The normalized spacial score (nSPS) is 16.7. The smallest absolute Gasteiger partial charge is 0.178 e. The van der Waals surface area contributed by atoms with Gasteiger partial charge in [0.1, 0.15) is 12.1 Å². The Morgan fingerprint density at radius 2 is 1.84 bits per heavy atom. The zero-order valence-corrected chi connectivity index (χ0v) is 14.9. The minimum Gasteiger partial charge on any atom is -0.364 e. The average molecular weight is 341 g/mol. The maximum absolute atomic E-state index is 4.91. The van der Waals surface area contributed by atoms with Gasteiger partial charge in [-0.3, -0.25) is 4.90 Å². The summed E-state index contributed by atoms with van der Waals surface area (Å²) in [5.41, 5.74) is 1.67. The first-order chi connectivity index (χ1) is 12.0. The summed E-state index contributed by atoms with van der Waals surface area (Å²) in [5, 5.41) is 17.3. The third-order valence-electron chi connectivity index (χ3n) is 4.49. The molecule has 4 rings (SSSR count). The van der Waals surface area contributed by atoms with Gasteiger partial charge in [0.2, 0.25) is 0 Å². The number of aromatic nitrogens is 5. The number of hydrogen-bond acceptors (Lipinski definition) is 7. The molecule has 1 aliphatic heterocycles. The van der Waals surface area contributed by atoms with Crippen LogP contribution in [0.3, 0.4) is 0 Å². The van der Waals surface area contributed by atoms with Gasteiger partial charge < -0.3 is 9.42 Å². The Kier molecular flexibility index (Phi) is 3.91. The van der Waals surface area contributed by atoms with Crippen molar-refractivity contribution in [2.45, 2.75) is 32.7 Å². The summed E-state index contributed by atoms with van der Waals surface area (Å²) in [6.45, 7) is 11.0. The fraction of sp³-hybridized carbons (Fsp3) is 0.529. The van der Waals surface area contributed by atoms with Crippen LogP contribution in [-0.2, 0) is 12.0 Å². The van der Waals surface area contributed by atoms with Crippen LogP contribution in [0.1, 0.15) is 32.3 Å². The highest BCUT2D eigenvalue weighted by molar-refractivity contribution is 5.46. The number of fused-ring (bicyclic) bond motifs is 1. The van der Waals surface area contributed by atoms with Gasteiger partial charge in [-0.15, -0.1) is 15.3 Å². The molecule has 0 atom stereocenters. The Balaban J connectivity index is 1.49. The van der Waals surface area contributed by atoms with Crippen molar-refractivity contribution >= 4 is 11.5 Å². The van der Waals surface area contributed by atoms with Crippen LogP contribution in [-0.4, -0.2) is 56.0 Å². The lowest BCUT2D eigenvalue weighted by Crippen LogP contribution is -2.46. The van der Waals surface area contributed by atoms with E-state index in [0.717, 1.165) is 55.7 Å². The summed E-state index contributed by atoms with van der Waals surface area (Å²) >= 11 is 0. The van der Waals surface area contributed by atoms with Gasteiger partial charge >= 0.3 is 0 Å². The Bertz CT molecular complexity index is 842. The quantitative estimate of drug-likeness (QED) is 0.718. The van der Waals surface area contributed by atoms with Crippen molar-refractivity contribution in [2.75, 3.05) is 31.1 Å². The second-order valence-electron chi connectivity index (χ2n) is 7.49. The zero-order valence-electron chi connectivity index (χ0n) is 14.9. The molecule has 0 saturated carbocycles. The molecule has 3 aromatic rings. The maximum atomic E-state index is 4.91. The second kappa shape index (κ2) is 6.11. The fourth-order valence-corrected chi connectivity index (χ4v) is 3.10. The average Bonchev–Trinajstić information content (AvgIpc) is 3.23. The molecule has 0 aromatic carbocycles. The molecule has 132 valence electrons. The van der Waals surface area contributed by atoms with Gasteiger partial charge in [0, 0.05) is 44.2 Å². The lowest BCUT2D eigenvalue weighted by atomic mass is 9.96. The van der Waals surface area contributed by atoms with Gasteiger partial charge in [0.05, 0.1) is 5.69 Å². The molecule has 0 amide bonds. The van der Waals surface area contributed by atoms with Gasteiger partial charge in [-0.1, -0.05) is 25.9 Å². The van der Waals surface area contributed by atoms with Crippen LogP contribution in [0.5, 0.6) is 0 Å². The number of anilines is 1. The molecule has 0 aliphatic carbocycles. The van der Waals surface area contributed by atoms with Crippen molar-refractivity contribution in [3.63, 3.8) is 0 Å². The van der Waals surface area contributed by atoms with Gasteiger partial charge in [-0.05, 0) is 12.1 Å². The van der Waals surface area contributed by atoms with E-state index >= 15 is 0 Å². The number of nitrogens with zero attached hydrogens (tertiary/aromatic N) is 7. The Hall–Kier alpha value is -2.48. The predicted octanol–water partition coefficient (Wildman–Crippen LogP) is 1.73. The van der Waals surface area contributed by atoms with Crippen molar-refractivity contribution in [1.29, 1.82) is 0 Å². The van der Waals surface area contributed by atoms with Crippen LogP contribution in [0.4, 0.5) is 5.82 Å². The lowest BCUT2D eigenvalue weighted by molar-refractivity contribution is 0.241. The van der Waals surface area contributed by atoms with E-state index < -0.39 is 0 Å². The van der Waals surface area contributed by atoms with E-state index in [1.165, 1.54) is 0 Å². The van der Waals surface area contributed by atoms with E-state index in [4.69, 9.17) is 9.62 Å². The minimum atomic E-state index is -0.0959. The summed E-state index contributed by atoms with van der Waals surface area (Å²) in [4.78, 5) is 4.69. The standard InChI is InChI=1S/C17H23N7O/c1-17(2,3)16-19-18-14-4-5-15(20-24(14)16)23-9-7-22(8-10-23)12-13-6-11-25-21-13/h4-6,11H,7-10,12H2,1-3H3. The number of rotatable bonds is 3. The highest BCUT2D eigenvalue weighted by Crippen LogP contribution is 2.22. The molecule has 8 nitrogen and oxygen atoms in total. The van der Waals surface area contributed by atoms with E-state index in [1.807, 2.05) is 22.7 Å². The van der Waals surface area contributed by atoms with Crippen molar-refractivity contribution in [3.05, 3.63) is 36.0 Å². The van der Waals surface area contributed by atoms with Gasteiger partial charge in [0.15, 0.2) is 11.5 Å². The molecule has 0 spiro atoms. The van der Waals surface area contributed by atoms with Crippen molar-refractivity contribution in [1.82, 2.24) is 29.9 Å². The molecule has 0 unspecified atom stereocenters. The summed E-state index contributed by atoms with van der Waals surface area (Å²) in [6, 6.07) is 5.94. The van der Waals surface area contributed by atoms with Crippen LogP contribution in [0.2, 0.25) is 0 Å². The van der Waals surface area contributed by atoms with Crippen molar-refractivity contribution in [2.24, 2.45) is 0 Å². The van der Waals surface area contributed by atoms with E-state index in [9.17, 15) is 0 Å². The molecule has 3 aromatic heterocycles. The highest BCUT2D eigenvalue weighted by atomic mass is 16.5. The van der Waals surface area contributed by atoms with Crippen molar-refractivity contribution < 1.29 is 4.52 Å². The first-order valence-electron chi connectivity index (χ1n) is 8.60. The van der Waals surface area contributed by atoms with Crippen molar-refractivity contribution in [3.8, 4) is 0 Å². The van der Waals surface area contributed by atoms with Crippen LogP contribution in [0.15, 0.2) is 29.0 Å². The Morgan fingerprint density at radius 3 is 2.52 bits per heavy atom. The highest BCUT2D eigenvalue weighted by Gasteiger charge is 2.23. The first-order valence-corrected chi connectivity index (χ1v) is 8.60. The summed E-state index contributed by atoms with van der Waals surface area (Å²) in [6.07, 6.45) is 1.62. The van der Waals surface area contributed by atoms with E-state index in [1.54, 1.807) is 6.26 Å². The van der Waals surface area contributed by atoms with Crippen LogP contribution >= 0.6 is 0 Å². The molecule has 8 heteroatoms. The van der Waals surface area contributed by atoms with E-state index in [2.05, 4.69) is 45.9 Å². The predicted molar refractivity (Wildman–Crippen MR) is 93.5 cm³/mol. The summed E-state index contributed by atoms with van der Waals surface area (Å²) in [7, 11) is 0. The van der Waals surface area contributed by atoms with Crippen LogP contribution in [0.25, 0.3) is 5.65 Å². The zero-order chi connectivity index (χ0) is 17.4. The molecule has 0 radical (unpaired) electrons. The first kappa shape index (κ1) is 16.0. The van der Waals surface area contributed by atoms with Crippen LogP contribution in [0, 0.1) is 0 Å². The number of piperazine rings is 1. The van der Waals surface area contributed by atoms with Gasteiger partial charge in [0.25, 0.3) is 0 Å². The topological polar surface area (TPSA) is 75.6 Å². The van der Waals surface area contributed by atoms with Gasteiger partial charge in [-0.25, -0.2) is 0 Å². The SMILES string of the molecule is CC(C)(C)c1nnc2ccc(N3CCN(Cc4ccon4)CC3)nn12. The van der Waals surface area contributed by atoms with Gasteiger partial charge in [-0.2, -0.15) is 4.52 Å². The van der Waals surface area contributed by atoms with E-state index in [-0.39, 0.29) is 5.41 Å². The van der Waals surface area contributed by atoms with Crippen LogP contribution < -0.4 is 4.90 Å². The minimum absolute atomic E-state index is 0.0959. The fourth-order valence-electron chi connectivity index (χ4n) is 3.10. The molecule has 1 saturated heterocycles. The molecule has 1 aliphatic rings. The monoisotopic (exact) mass is 341 g/mol. The molecule has 25 heavy (non-hydrogen) atoms. The molecular weight excluding hydrogens is 318 g/mol. The maximum Gasteiger partial charge on any atom is 0.178 e. The molecule has 1 fully saturated rings. The summed E-state index contributed by atoms with van der Waals surface area (Å²) in [5.74, 6) is 1.85. The molecule has 4 heterocycles. The molecule has 0 bridgehead atoms.